The number of benzene rings is 7. The van der Waals surface area contributed by atoms with Crippen LogP contribution in [0.1, 0.15) is 5.69 Å². The molecule has 0 radical (unpaired) electrons. The van der Waals surface area contributed by atoms with Crippen molar-refractivity contribution in [2.24, 2.45) is 0 Å². The standard InChI is InChI=1S/C52H35N5/c1-34-32-46(45-30-28-40-29-31-47(39-14-7-3-8-15-39)54-48(40)49(45)53-34)38-24-20-37(21-25-38)43-18-11-19-44(33-43)52-56-50(41-16-9-4-10-17-41)55-51(57-52)42-26-22-36(23-27-42)35-12-5-2-6-13-35/h2-33H,1H3. The molecule has 10 rings (SSSR count). The fourth-order valence-corrected chi connectivity index (χ4v) is 7.48. The minimum atomic E-state index is 0.624. The van der Waals surface area contributed by atoms with Crippen LogP contribution >= 0.6 is 0 Å². The van der Waals surface area contributed by atoms with Crippen LogP contribution in [0.5, 0.6) is 0 Å². The molecule has 3 aromatic heterocycles. The van der Waals surface area contributed by atoms with Crippen LogP contribution in [0.4, 0.5) is 0 Å². The molecule has 0 spiro atoms. The lowest BCUT2D eigenvalue weighted by Crippen LogP contribution is -2.00. The summed E-state index contributed by atoms with van der Waals surface area (Å²) < 4.78 is 0. The Morgan fingerprint density at radius 2 is 0.772 bits per heavy atom. The fraction of sp³-hybridized carbons (Fsp3) is 0.0192. The van der Waals surface area contributed by atoms with Gasteiger partial charge < -0.3 is 0 Å². The van der Waals surface area contributed by atoms with E-state index in [2.05, 4.69) is 146 Å². The molecule has 0 saturated heterocycles. The Hall–Kier alpha value is -7.63. The van der Waals surface area contributed by atoms with Crippen molar-refractivity contribution in [3.8, 4) is 78.8 Å². The number of hydrogen-bond acceptors (Lipinski definition) is 5. The van der Waals surface area contributed by atoms with E-state index in [4.69, 9.17) is 24.9 Å². The van der Waals surface area contributed by atoms with Crippen molar-refractivity contribution in [1.29, 1.82) is 0 Å². The van der Waals surface area contributed by atoms with Crippen LogP contribution in [0, 0.1) is 6.92 Å². The highest BCUT2D eigenvalue weighted by Crippen LogP contribution is 2.35. The van der Waals surface area contributed by atoms with E-state index >= 15 is 0 Å². The number of hydrogen-bond donors (Lipinski definition) is 0. The van der Waals surface area contributed by atoms with Gasteiger partial charge in [-0.1, -0.05) is 176 Å². The molecule has 7 aromatic carbocycles. The lowest BCUT2D eigenvalue weighted by atomic mass is 9.96. The van der Waals surface area contributed by atoms with Gasteiger partial charge >= 0.3 is 0 Å². The van der Waals surface area contributed by atoms with E-state index in [9.17, 15) is 0 Å². The Kier molecular flexibility index (Phi) is 8.65. The maximum Gasteiger partial charge on any atom is 0.164 e. The van der Waals surface area contributed by atoms with Crippen LogP contribution < -0.4 is 0 Å². The van der Waals surface area contributed by atoms with Crippen LogP contribution in [-0.2, 0) is 0 Å². The largest absolute Gasteiger partial charge is 0.251 e. The number of rotatable bonds is 7. The van der Waals surface area contributed by atoms with Gasteiger partial charge in [-0.25, -0.2) is 19.9 Å². The first-order valence-corrected chi connectivity index (χ1v) is 19.1. The van der Waals surface area contributed by atoms with E-state index in [-0.39, 0.29) is 0 Å². The predicted octanol–water partition coefficient (Wildman–Crippen LogP) is 12.9. The monoisotopic (exact) mass is 729 g/mol. The first kappa shape index (κ1) is 33.9. The molecular formula is C52H35N5. The van der Waals surface area contributed by atoms with Crippen molar-refractivity contribution in [1.82, 2.24) is 24.9 Å². The van der Waals surface area contributed by atoms with E-state index in [1.165, 1.54) is 5.56 Å². The minimum absolute atomic E-state index is 0.624. The summed E-state index contributed by atoms with van der Waals surface area (Å²) in [6.07, 6.45) is 0. The van der Waals surface area contributed by atoms with Crippen molar-refractivity contribution in [3.63, 3.8) is 0 Å². The third-order valence-corrected chi connectivity index (χ3v) is 10.4. The second-order valence-electron chi connectivity index (χ2n) is 14.2. The molecule has 57 heavy (non-hydrogen) atoms. The smallest absolute Gasteiger partial charge is 0.164 e. The topological polar surface area (TPSA) is 64.5 Å². The summed E-state index contributed by atoms with van der Waals surface area (Å²) in [4.78, 5) is 25.1. The summed E-state index contributed by atoms with van der Waals surface area (Å²) in [6, 6.07) is 67.1. The highest BCUT2D eigenvalue weighted by molar-refractivity contribution is 6.08. The molecule has 10 aromatic rings. The summed E-state index contributed by atoms with van der Waals surface area (Å²) in [7, 11) is 0. The average molecular weight is 730 g/mol. The van der Waals surface area contributed by atoms with Crippen LogP contribution in [0.2, 0.25) is 0 Å². The van der Waals surface area contributed by atoms with Gasteiger partial charge in [-0.15, -0.1) is 0 Å². The predicted molar refractivity (Wildman–Crippen MR) is 233 cm³/mol. The summed E-state index contributed by atoms with van der Waals surface area (Å²) in [6.45, 7) is 2.05. The van der Waals surface area contributed by atoms with E-state index in [0.29, 0.717) is 17.5 Å². The van der Waals surface area contributed by atoms with Gasteiger partial charge in [-0.05, 0) is 58.5 Å². The summed E-state index contributed by atoms with van der Waals surface area (Å²) in [5.74, 6) is 1.89. The van der Waals surface area contributed by atoms with Gasteiger partial charge in [0.15, 0.2) is 17.5 Å². The fourth-order valence-electron chi connectivity index (χ4n) is 7.48. The first-order chi connectivity index (χ1) is 28.1. The molecule has 3 heterocycles. The molecule has 268 valence electrons. The maximum atomic E-state index is 5.12. The average Bonchev–Trinajstić information content (AvgIpc) is 3.29. The van der Waals surface area contributed by atoms with Crippen molar-refractivity contribution in [2.45, 2.75) is 6.92 Å². The Labute approximate surface area is 331 Å². The highest BCUT2D eigenvalue weighted by Gasteiger charge is 2.15. The zero-order chi connectivity index (χ0) is 38.1. The summed E-state index contributed by atoms with van der Waals surface area (Å²) in [5, 5.41) is 2.15. The van der Waals surface area contributed by atoms with E-state index < -0.39 is 0 Å². The molecular weight excluding hydrogens is 695 g/mol. The number of pyridine rings is 2. The van der Waals surface area contributed by atoms with Gasteiger partial charge in [0.05, 0.1) is 16.7 Å². The van der Waals surface area contributed by atoms with Gasteiger partial charge in [-0.2, -0.15) is 0 Å². The molecule has 0 N–H and O–H groups in total. The molecule has 0 amide bonds. The summed E-state index contributed by atoms with van der Waals surface area (Å²) >= 11 is 0. The SMILES string of the molecule is Cc1cc(-c2ccc(-c3cccc(-c4nc(-c5ccccc5)nc(-c5ccc(-c6ccccc6)cc5)n4)c3)cc2)c2ccc3ccc(-c4ccccc4)nc3c2n1. The van der Waals surface area contributed by atoms with Crippen LogP contribution in [0.25, 0.3) is 101 Å². The molecule has 0 bridgehead atoms. The zero-order valence-electron chi connectivity index (χ0n) is 31.2. The zero-order valence-corrected chi connectivity index (χ0v) is 31.2. The Bertz CT molecular complexity index is 3040. The van der Waals surface area contributed by atoms with E-state index in [0.717, 1.165) is 83.3 Å². The van der Waals surface area contributed by atoms with Gasteiger partial charge in [0.1, 0.15) is 0 Å². The second kappa shape index (κ2) is 14.5. The van der Waals surface area contributed by atoms with Crippen molar-refractivity contribution < 1.29 is 0 Å². The number of aromatic nitrogens is 5. The third-order valence-electron chi connectivity index (χ3n) is 10.4. The van der Waals surface area contributed by atoms with Crippen LogP contribution in [0.3, 0.4) is 0 Å². The lowest BCUT2D eigenvalue weighted by molar-refractivity contribution is 1.07. The molecule has 0 aliphatic carbocycles. The van der Waals surface area contributed by atoms with Gasteiger partial charge in [0, 0.05) is 38.7 Å². The first-order valence-electron chi connectivity index (χ1n) is 19.1. The Morgan fingerprint density at radius 3 is 1.44 bits per heavy atom. The molecule has 0 fully saturated rings. The van der Waals surface area contributed by atoms with Crippen molar-refractivity contribution in [2.75, 3.05) is 0 Å². The van der Waals surface area contributed by atoms with Gasteiger partial charge in [0.25, 0.3) is 0 Å². The minimum Gasteiger partial charge on any atom is -0.251 e. The third kappa shape index (κ3) is 6.72. The maximum absolute atomic E-state index is 5.12. The lowest BCUT2D eigenvalue weighted by Gasteiger charge is -2.12. The molecule has 0 unspecified atom stereocenters. The van der Waals surface area contributed by atoms with Crippen molar-refractivity contribution >= 4 is 21.8 Å². The number of nitrogens with zero attached hydrogens (tertiary/aromatic N) is 5. The summed E-state index contributed by atoms with van der Waals surface area (Å²) in [5.41, 5.74) is 14.3. The Balaban J connectivity index is 1.00. The quantitative estimate of drug-likeness (QED) is 0.153. The molecule has 0 aliphatic rings. The van der Waals surface area contributed by atoms with Crippen LogP contribution in [0.15, 0.2) is 194 Å². The molecule has 0 saturated carbocycles. The molecule has 0 aliphatic heterocycles. The highest BCUT2D eigenvalue weighted by atomic mass is 15.0. The van der Waals surface area contributed by atoms with Gasteiger partial charge in [0.2, 0.25) is 0 Å². The van der Waals surface area contributed by atoms with E-state index in [1.54, 1.807) is 0 Å². The van der Waals surface area contributed by atoms with Crippen LogP contribution in [-0.4, -0.2) is 24.9 Å². The molecule has 0 atom stereocenters. The number of fused-ring (bicyclic) bond motifs is 3. The van der Waals surface area contributed by atoms with Crippen molar-refractivity contribution in [3.05, 3.63) is 200 Å². The normalized spacial score (nSPS) is 11.2. The molecule has 5 heteroatoms. The van der Waals surface area contributed by atoms with E-state index in [1.807, 2.05) is 54.6 Å². The number of aryl methyl sites for hydroxylation is 1. The molecule has 5 nitrogen and oxygen atoms in total. The second-order valence-corrected chi connectivity index (χ2v) is 14.2. The van der Waals surface area contributed by atoms with Gasteiger partial charge in [-0.3, -0.25) is 4.98 Å². The Morgan fingerprint density at radius 1 is 0.298 bits per heavy atom.